The second-order valence-corrected chi connectivity index (χ2v) is 5.05. The summed E-state index contributed by atoms with van der Waals surface area (Å²) < 4.78 is 7.13. The van der Waals surface area contributed by atoms with Gasteiger partial charge in [-0.05, 0) is 25.7 Å². The molecule has 18 heavy (non-hydrogen) atoms. The van der Waals surface area contributed by atoms with Crippen molar-refractivity contribution in [1.29, 1.82) is 0 Å². The summed E-state index contributed by atoms with van der Waals surface area (Å²) in [6, 6.07) is 0. The summed E-state index contributed by atoms with van der Waals surface area (Å²) in [7, 11) is 0. The molecule has 0 saturated heterocycles. The summed E-state index contributed by atoms with van der Waals surface area (Å²) in [5.41, 5.74) is 2.78. The minimum absolute atomic E-state index is 0.285. The number of nitrogens with zero attached hydrogens (tertiary/aromatic N) is 2. The molecular weight excluding hydrogens is 230 g/mol. The van der Waals surface area contributed by atoms with Gasteiger partial charge in [0.2, 0.25) is 0 Å². The summed E-state index contributed by atoms with van der Waals surface area (Å²) in [5, 5.41) is 7.79. The number of ether oxygens (including phenoxy) is 1. The van der Waals surface area contributed by atoms with Crippen LogP contribution in [0.3, 0.4) is 0 Å². The van der Waals surface area contributed by atoms with Crippen LogP contribution >= 0.6 is 0 Å². The summed E-state index contributed by atoms with van der Waals surface area (Å²) in [4.78, 5) is 11.9. The quantitative estimate of drug-likeness (QED) is 0.812. The van der Waals surface area contributed by atoms with Gasteiger partial charge in [-0.3, -0.25) is 4.68 Å². The van der Waals surface area contributed by atoms with Gasteiger partial charge >= 0.3 is 5.97 Å². The van der Waals surface area contributed by atoms with Crippen LogP contribution in [0, 0.1) is 5.92 Å². The monoisotopic (exact) mass is 249 g/mol. The smallest absolute Gasteiger partial charge is 0.359 e. The Kier molecular flexibility index (Phi) is 3.07. The third kappa shape index (κ3) is 2.14. The van der Waals surface area contributed by atoms with Gasteiger partial charge in [-0.15, -0.1) is 0 Å². The van der Waals surface area contributed by atoms with Crippen molar-refractivity contribution >= 4 is 5.97 Å². The predicted molar refractivity (Wildman–Crippen MR) is 66.3 cm³/mol. The number of esters is 1. The number of aromatic nitrogens is 2. The molecule has 98 valence electrons. The number of carbonyl (C=O) groups is 1. The number of hydrogen-bond donors (Lipinski definition) is 1. The van der Waals surface area contributed by atoms with Crippen LogP contribution in [0.1, 0.15) is 41.5 Å². The number of rotatable bonds is 4. The van der Waals surface area contributed by atoms with Crippen LogP contribution in [-0.4, -0.2) is 28.9 Å². The number of nitrogens with one attached hydrogen (secondary N) is 1. The fraction of sp³-hybridized carbons (Fsp3) is 0.692. The Labute approximate surface area is 107 Å². The molecule has 0 radical (unpaired) electrons. The molecule has 1 aromatic heterocycles. The van der Waals surface area contributed by atoms with Crippen molar-refractivity contribution in [3.8, 4) is 0 Å². The Bertz CT molecular complexity index is 463. The lowest BCUT2D eigenvalue weighted by molar-refractivity contribution is 0.0517. The lowest BCUT2D eigenvalue weighted by atomic mass is 10.1. The van der Waals surface area contributed by atoms with Crippen LogP contribution in [0.5, 0.6) is 0 Å². The van der Waals surface area contributed by atoms with Crippen LogP contribution in [0.2, 0.25) is 0 Å². The minimum Gasteiger partial charge on any atom is -0.461 e. The maximum absolute atomic E-state index is 11.9. The van der Waals surface area contributed by atoms with Crippen molar-refractivity contribution < 1.29 is 9.53 Å². The Hall–Kier alpha value is -1.36. The highest BCUT2D eigenvalue weighted by molar-refractivity contribution is 5.89. The summed E-state index contributed by atoms with van der Waals surface area (Å²) in [6.07, 6.45) is 3.54. The lowest BCUT2D eigenvalue weighted by Gasteiger charge is -2.15. The van der Waals surface area contributed by atoms with Crippen molar-refractivity contribution in [2.24, 2.45) is 5.92 Å². The summed E-state index contributed by atoms with van der Waals surface area (Å²) in [5.74, 6) is 0.478. The zero-order chi connectivity index (χ0) is 12.5. The van der Waals surface area contributed by atoms with Crippen LogP contribution in [0.25, 0.3) is 0 Å². The SMILES string of the molecule is CCOC(=O)c1nn(CC2CC2)c2c1CNCC2. The van der Waals surface area contributed by atoms with Gasteiger partial charge < -0.3 is 10.1 Å². The van der Waals surface area contributed by atoms with Crippen LogP contribution in [-0.2, 0) is 24.2 Å². The molecule has 3 rings (SSSR count). The zero-order valence-corrected chi connectivity index (χ0v) is 10.7. The molecule has 0 unspecified atom stereocenters. The van der Waals surface area contributed by atoms with Gasteiger partial charge in [0.1, 0.15) is 0 Å². The molecule has 1 saturated carbocycles. The standard InChI is InChI=1S/C13H19N3O2/c1-2-18-13(17)12-10-7-14-6-5-11(10)16(15-12)8-9-3-4-9/h9,14H,2-8H2,1H3. The molecule has 5 nitrogen and oxygen atoms in total. The summed E-state index contributed by atoms with van der Waals surface area (Å²) >= 11 is 0. The molecule has 1 aliphatic carbocycles. The van der Waals surface area contributed by atoms with Gasteiger partial charge in [-0.25, -0.2) is 4.79 Å². The zero-order valence-electron chi connectivity index (χ0n) is 10.7. The van der Waals surface area contributed by atoms with Gasteiger partial charge in [-0.2, -0.15) is 5.10 Å². The van der Waals surface area contributed by atoms with E-state index >= 15 is 0 Å². The molecule has 0 bridgehead atoms. The van der Waals surface area contributed by atoms with E-state index in [0.717, 1.165) is 37.5 Å². The number of carbonyl (C=O) groups excluding carboxylic acids is 1. The van der Waals surface area contributed by atoms with E-state index in [9.17, 15) is 4.79 Å². The molecule has 1 aliphatic heterocycles. The topological polar surface area (TPSA) is 56.1 Å². The second kappa shape index (κ2) is 4.72. The molecule has 2 heterocycles. The van der Waals surface area contributed by atoms with E-state index in [4.69, 9.17) is 4.74 Å². The first-order valence-electron chi connectivity index (χ1n) is 6.76. The Morgan fingerprint density at radius 1 is 1.56 bits per heavy atom. The number of fused-ring (bicyclic) bond motifs is 1. The fourth-order valence-corrected chi connectivity index (χ4v) is 2.48. The maximum atomic E-state index is 11.9. The Balaban J connectivity index is 1.92. The molecule has 5 heteroatoms. The van der Waals surface area contributed by atoms with Crippen molar-refractivity contribution in [1.82, 2.24) is 15.1 Å². The van der Waals surface area contributed by atoms with E-state index in [-0.39, 0.29) is 5.97 Å². The van der Waals surface area contributed by atoms with E-state index < -0.39 is 0 Å². The Morgan fingerprint density at radius 2 is 2.39 bits per heavy atom. The van der Waals surface area contributed by atoms with Gasteiger partial charge in [0, 0.05) is 37.3 Å². The molecule has 0 atom stereocenters. The van der Waals surface area contributed by atoms with Crippen LogP contribution in [0.4, 0.5) is 0 Å². The van der Waals surface area contributed by atoms with Crippen molar-refractivity contribution in [2.75, 3.05) is 13.2 Å². The first kappa shape index (κ1) is 11.7. The fourth-order valence-electron chi connectivity index (χ4n) is 2.48. The lowest BCUT2D eigenvalue weighted by Crippen LogP contribution is -2.26. The van der Waals surface area contributed by atoms with Gasteiger partial charge in [-0.1, -0.05) is 0 Å². The van der Waals surface area contributed by atoms with Gasteiger partial charge in [0.05, 0.1) is 6.61 Å². The molecule has 0 amide bonds. The van der Waals surface area contributed by atoms with E-state index in [0.29, 0.717) is 12.3 Å². The molecule has 2 aliphatic rings. The normalized spacial score (nSPS) is 18.5. The molecular formula is C13H19N3O2. The van der Waals surface area contributed by atoms with Crippen LogP contribution < -0.4 is 5.32 Å². The van der Waals surface area contributed by atoms with E-state index in [1.807, 2.05) is 11.6 Å². The molecule has 1 N–H and O–H groups in total. The third-order valence-electron chi connectivity index (χ3n) is 3.60. The first-order chi connectivity index (χ1) is 8.79. The van der Waals surface area contributed by atoms with Crippen molar-refractivity contribution in [3.63, 3.8) is 0 Å². The largest absolute Gasteiger partial charge is 0.461 e. The van der Waals surface area contributed by atoms with Crippen LogP contribution in [0.15, 0.2) is 0 Å². The third-order valence-corrected chi connectivity index (χ3v) is 3.60. The first-order valence-corrected chi connectivity index (χ1v) is 6.76. The van der Waals surface area contributed by atoms with E-state index in [1.165, 1.54) is 18.5 Å². The van der Waals surface area contributed by atoms with E-state index in [1.54, 1.807) is 0 Å². The average Bonchev–Trinajstić information content (AvgIpc) is 3.11. The maximum Gasteiger partial charge on any atom is 0.359 e. The van der Waals surface area contributed by atoms with E-state index in [2.05, 4.69) is 10.4 Å². The van der Waals surface area contributed by atoms with Gasteiger partial charge in [0.25, 0.3) is 0 Å². The highest BCUT2D eigenvalue weighted by Crippen LogP contribution is 2.32. The highest BCUT2D eigenvalue weighted by atomic mass is 16.5. The van der Waals surface area contributed by atoms with Crippen molar-refractivity contribution in [3.05, 3.63) is 17.0 Å². The molecule has 1 fully saturated rings. The van der Waals surface area contributed by atoms with Crippen molar-refractivity contribution in [2.45, 2.75) is 39.3 Å². The average molecular weight is 249 g/mol. The summed E-state index contributed by atoms with van der Waals surface area (Å²) in [6.45, 7) is 4.88. The highest BCUT2D eigenvalue weighted by Gasteiger charge is 2.29. The van der Waals surface area contributed by atoms with Gasteiger partial charge in [0.15, 0.2) is 5.69 Å². The predicted octanol–water partition coefficient (Wildman–Crippen LogP) is 1.12. The Morgan fingerprint density at radius 3 is 3.11 bits per heavy atom. The molecule has 0 spiro atoms. The molecule has 0 aromatic carbocycles. The molecule has 1 aromatic rings. The second-order valence-electron chi connectivity index (χ2n) is 5.05. The number of hydrogen-bond acceptors (Lipinski definition) is 4. The minimum atomic E-state index is -0.285.